The van der Waals surface area contributed by atoms with Crippen molar-refractivity contribution in [2.24, 2.45) is 11.8 Å². The molecule has 1 aliphatic heterocycles. The summed E-state index contributed by atoms with van der Waals surface area (Å²) in [5.74, 6) is 1.34. The summed E-state index contributed by atoms with van der Waals surface area (Å²) in [5, 5.41) is 3.07. The zero-order valence-electron chi connectivity index (χ0n) is 18.1. The Balaban J connectivity index is 1.57. The number of piperazine rings is 1. The van der Waals surface area contributed by atoms with E-state index in [0.717, 1.165) is 31.4 Å². The summed E-state index contributed by atoms with van der Waals surface area (Å²) < 4.78 is 14.1. The van der Waals surface area contributed by atoms with Gasteiger partial charge in [0.25, 0.3) is 0 Å². The average Bonchev–Trinajstić information content (AvgIpc) is 2.77. The fraction of sp³-hybridized carbons (Fsp3) is 0.652. The summed E-state index contributed by atoms with van der Waals surface area (Å²) in [6.45, 7) is 4.51. The second-order valence-electron chi connectivity index (χ2n) is 8.56. The topological polar surface area (TPSA) is 52.7 Å². The van der Waals surface area contributed by atoms with E-state index in [-0.39, 0.29) is 23.5 Å². The monoisotopic (exact) mass is 435 g/mol. The van der Waals surface area contributed by atoms with E-state index in [9.17, 15) is 14.0 Å². The molecule has 1 aromatic carbocycles. The third-order valence-corrected chi connectivity index (χ3v) is 7.04. The van der Waals surface area contributed by atoms with Crippen molar-refractivity contribution in [1.82, 2.24) is 10.2 Å². The molecule has 1 heterocycles. The van der Waals surface area contributed by atoms with Crippen LogP contribution in [0.2, 0.25) is 0 Å². The van der Waals surface area contributed by atoms with Crippen molar-refractivity contribution in [3.8, 4) is 0 Å². The van der Waals surface area contributed by atoms with E-state index in [2.05, 4.69) is 12.2 Å². The number of nitrogens with one attached hydrogen (secondary N) is 1. The molecule has 1 aliphatic carbocycles. The van der Waals surface area contributed by atoms with Crippen LogP contribution in [0.3, 0.4) is 0 Å². The SMILES string of the molecule is CSCC[C@H](NC(=O)C1CCC(C)CC1)C(=O)N1CCN(c2ccccc2F)CC1. The lowest BCUT2D eigenvalue weighted by molar-refractivity contribution is -0.138. The van der Waals surface area contributed by atoms with Crippen LogP contribution < -0.4 is 10.2 Å². The lowest BCUT2D eigenvalue weighted by Crippen LogP contribution is -2.56. The molecule has 166 valence electrons. The van der Waals surface area contributed by atoms with E-state index < -0.39 is 6.04 Å². The smallest absolute Gasteiger partial charge is 0.245 e. The normalized spacial score (nSPS) is 23.2. The van der Waals surface area contributed by atoms with Crippen LogP contribution in [-0.2, 0) is 9.59 Å². The number of amides is 2. The Hall–Kier alpha value is -1.76. The maximum Gasteiger partial charge on any atom is 0.245 e. The first-order valence-electron chi connectivity index (χ1n) is 11.1. The fourth-order valence-corrected chi connectivity index (χ4v) is 4.87. The van der Waals surface area contributed by atoms with Crippen LogP contribution in [0.25, 0.3) is 0 Å². The molecule has 2 fully saturated rings. The quantitative estimate of drug-likeness (QED) is 0.712. The number of anilines is 1. The molecule has 0 radical (unpaired) electrons. The van der Waals surface area contributed by atoms with Gasteiger partial charge in [-0.15, -0.1) is 0 Å². The van der Waals surface area contributed by atoms with Gasteiger partial charge in [0.05, 0.1) is 5.69 Å². The molecule has 0 spiro atoms. The summed E-state index contributed by atoms with van der Waals surface area (Å²) in [7, 11) is 0. The predicted octanol–water partition coefficient (Wildman–Crippen LogP) is 3.54. The minimum atomic E-state index is -0.468. The van der Waals surface area contributed by atoms with Crippen LogP contribution in [0.5, 0.6) is 0 Å². The van der Waals surface area contributed by atoms with Crippen molar-refractivity contribution in [2.45, 2.75) is 45.1 Å². The maximum atomic E-state index is 14.1. The summed E-state index contributed by atoms with van der Waals surface area (Å²) in [5.41, 5.74) is 0.586. The van der Waals surface area contributed by atoms with Crippen molar-refractivity contribution in [1.29, 1.82) is 0 Å². The molecule has 3 rings (SSSR count). The molecule has 30 heavy (non-hydrogen) atoms. The second kappa shape index (κ2) is 11.0. The van der Waals surface area contributed by atoms with E-state index in [0.29, 0.717) is 44.2 Å². The first-order valence-corrected chi connectivity index (χ1v) is 12.5. The van der Waals surface area contributed by atoms with Gasteiger partial charge in [-0.3, -0.25) is 9.59 Å². The van der Waals surface area contributed by atoms with Gasteiger partial charge in [0, 0.05) is 32.1 Å². The summed E-state index contributed by atoms with van der Waals surface area (Å²) >= 11 is 1.68. The molecule has 1 saturated carbocycles. The molecule has 1 saturated heterocycles. The van der Waals surface area contributed by atoms with E-state index in [1.165, 1.54) is 6.07 Å². The molecule has 1 atom stereocenters. The number of benzene rings is 1. The molecule has 1 N–H and O–H groups in total. The number of para-hydroxylation sites is 1. The highest BCUT2D eigenvalue weighted by atomic mass is 32.2. The molecular weight excluding hydrogens is 401 g/mol. The molecule has 2 aliphatic rings. The molecule has 0 bridgehead atoms. The predicted molar refractivity (Wildman–Crippen MR) is 121 cm³/mol. The Morgan fingerprint density at radius 3 is 2.43 bits per heavy atom. The first kappa shape index (κ1) is 22.9. The van der Waals surface area contributed by atoms with Gasteiger partial charge >= 0.3 is 0 Å². The molecule has 0 aromatic heterocycles. The standard InChI is InChI=1S/C23H34FN3O2S/c1-17-7-9-18(10-8-17)22(28)25-20(11-16-30-2)23(29)27-14-12-26(13-15-27)21-6-4-3-5-19(21)24/h3-6,17-18,20H,7-16H2,1-2H3,(H,25,28)/t17?,18?,20-/m0/s1. The van der Waals surface area contributed by atoms with Crippen LogP contribution in [0.1, 0.15) is 39.0 Å². The maximum absolute atomic E-state index is 14.1. The summed E-state index contributed by atoms with van der Waals surface area (Å²) in [6, 6.07) is 6.29. The second-order valence-corrected chi connectivity index (χ2v) is 9.55. The third-order valence-electron chi connectivity index (χ3n) is 6.40. The molecule has 2 amide bonds. The lowest BCUT2D eigenvalue weighted by atomic mass is 9.82. The lowest BCUT2D eigenvalue weighted by Gasteiger charge is -2.38. The number of halogens is 1. The van der Waals surface area contributed by atoms with Gasteiger partial charge in [0.1, 0.15) is 11.9 Å². The van der Waals surface area contributed by atoms with Crippen LogP contribution in [0, 0.1) is 17.7 Å². The number of hydrogen-bond acceptors (Lipinski definition) is 4. The third kappa shape index (κ3) is 5.90. The highest BCUT2D eigenvalue weighted by Crippen LogP contribution is 2.28. The number of carbonyl (C=O) groups excluding carboxylic acids is 2. The largest absolute Gasteiger partial charge is 0.366 e. The Labute approximate surface area is 183 Å². The fourth-order valence-electron chi connectivity index (χ4n) is 4.40. The van der Waals surface area contributed by atoms with Gasteiger partial charge in [-0.1, -0.05) is 19.1 Å². The van der Waals surface area contributed by atoms with Gasteiger partial charge in [-0.05, 0) is 62.2 Å². The number of nitrogens with zero attached hydrogens (tertiary/aromatic N) is 2. The highest BCUT2D eigenvalue weighted by molar-refractivity contribution is 7.98. The van der Waals surface area contributed by atoms with E-state index >= 15 is 0 Å². The zero-order chi connectivity index (χ0) is 21.5. The van der Waals surface area contributed by atoms with E-state index in [1.54, 1.807) is 23.9 Å². The molecule has 5 nitrogen and oxygen atoms in total. The minimum absolute atomic E-state index is 0.00485. The van der Waals surface area contributed by atoms with Crippen LogP contribution in [0.4, 0.5) is 10.1 Å². The summed E-state index contributed by atoms with van der Waals surface area (Å²) in [4.78, 5) is 29.8. The minimum Gasteiger partial charge on any atom is -0.366 e. The Bertz CT molecular complexity index is 716. The van der Waals surface area contributed by atoms with Crippen molar-refractivity contribution >= 4 is 29.3 Å². The Morgan fingerprint density at radius 1 is 1.13 bits per heavy atom. The summed E-state index contributed by atoms with van der Waals surface area (Å²) in [6.07, 6.45) is 6.65. The molecular formula is C23H34FN3O2S. The molecule has 7 heteroatoms. The van der Waals surface area contributed by atoms with E-state index in [1.807, 2.05) is 22.1 Å². The van der Waals surface area contributed by atoms with Crippen LogP contribution >= 0.6 is 11.8 Å². The van der Waals surface area contributed by atoms with Crippen molar-refractivity contribution in [3.05, 3.63) is 30.1 Å². The molecule has 0 unspecified atom stereocenters. The first-order chi connectivity index (χ1) is 14.5. The number of rotatable bonds is 7. The van der Waals surface area contributed by atoms with Crippen molar-refractivity contribution in [3.63, 3.8) is 0 Å². The average molecular weight is 436 g/mol. The zero-order valence-corrected chi connectivity index (χ0v) is 18.9. The van der Waals surface area contributed by atoms with E-state index in [4.69, 9.17) is 0 Å². The Kier molecular flexibility index (Phi) is 8.42. The number of carbonyl (C=O) groups is 2. The van der Waals surface area contributed by atoms with Crippen molar-refractivity contribution in [2.75, 3.05) is 43.1 Å². The molecule has 1 aromatic rings. The van der Waals surface area contributed by atoms with Gasteiger partial charge in [0.2, 0.25) is 11.8 Å². The van der Waals surface area contributed by atoms with Gasteiger partial charge < -0.3 is 15.1 Å². The van der Waals surface area contributed by atoms with Gasteiger partial charge in [-0.25, -0.2) is 4.39 Å². The van der Waals surface area contributed by atoms with Crippen molar-refractivity contribution < 1.29 is 14.0 Å². The Morgan fingerprint density at radius 2 is 1.80 bits per heavy atom. The van der Waals surface area contributed by atoms with Gasteiger partial charge in [0.15, 0.2) is 0 Å². The highest BCUT2D eigenvalue weighted by Gasteiger charge is 2.31. The number of thioether (sulfide) groups is 1. The van der Waals surface area contributed by atoms with Crippen LogP contribution in [0.15, 0.2) is 24.3 Å². The number of hydrogen-bond donors (Lipinski definition) is 1. The van der Waals surface area contributed by atoms with Crippen LogP contribution in [-0.4, -0.2) is 60.9 Å². The van der Waals surface area contributed by atoms with Gasteiger partial charge in [-0.2, -0.15) is 11.8 Å².